The van der Waals surface area contributed by atoms with Crippen LogP contribution in [0.1, 0.15) is 51.0 Å². The summed E-state index contributed by atoms with van der Waals surface area (Å²) in [6.45, 7) is 2.12. The van der Waals surface area contributed by atoms with Crippen molar-refractivity contribution in [3.8, 4) is 0 Å². The van der Waals surface area contributed by atoms with Crippen molar-refractivity contribution in [2.75, 3.05) is 13.7 Å². The van der Waals surface area contributed by atoms with Gasteiger partial charge < -0.3 is 9.47 Å². The Balaban J connectivity index is 2.36. The molecule has 2 rings (SSSR count). The van der Waals surface area contributed by atoms with Crippen LogP contribution >= 0.6 is 11.3 Å². The van der Waals surface area contributed by atoms with Crippen molar-refractivity contribution in [2.45, 2.75) is 25.9 Å². The lowest BCUT2D eigenvalue weighted by Gasteiger charge is -2.03. The Morgan fingerprint density at radius 2 is 2.29 bits per heavy atom. The first kappa shape index (κ1) is 12.2. The van der Waals surface area contributed by atoms with Crippen LogP contribution in [0, 0.1) is 0 Å². The summed E-state index contributed by atoms with van der Waals surface area (Å²) in [7, 11) is 1.28. The number of carbonyl (C=O) groups is 2. The molecular formula is C11H13NO4S. The number of Topliss-reactive ketones (excluding diaryl/α,β-unsaturated/α-hetero) is 1. The standard InChI is InChI=1S/C11H13NO4S/c1-6(13)9-8(11(14)15-2)12-10(17-9)7-4-3-5-16-7/h7H,3-5H2,1-2H3. The number of hydrogen-bond donors (Lipinski definition) is 0. The van der Waals surface area contributed by atoms with Crippen molar-refractivity contribution in [1.82, 2.24) is 4.98 Å². The zero-order valence-corrected chi connectivity index (χ0v) is 10.5. The molecule has 1 aromatic heterocycles. The maximum Gasteiger partial charge on any atom is 0.358 e. The zero-order chi connectivity index (χ0) is 12.4. The number of aromatic nitrogens is 1. The number of ether oxygens (including phenoxy) is 2. The van der Waals surface area contributed by atoms with Crippen LogP contribution in [0.4, 0.5) is 0 Å². The third-order valence-corrected chi connectivity index (χ3v) is 3.80. The summed E-state index contributed by atoms with van der Waals surface area (Å²) in [6.07, 6.45) is 1.77. The van der Waals surface area contributed by atoms with Gasteiger partial charge in [0.05, 0.1) is 7.11 Å². The highest BCUT2D eigenvalue weighted by atomic mass is 32.1. The predicted octanol–water partition coefficient (Wildman–Crippen LogP) is 1.98. The molecule has 0 amide bonds. The molecule has 1 saturated heterocycles. The number of hydrogen-bond acceptors (Lipinski definition) is 6. The van der Waals surface area contributed by atoms with E-state index in [1.165, 1.54) is 25.4 Å². The van der Waals surface area contributed by atoms with E-state index < -0.39 is 5.97 Å². The van der Waals surface area contributed by atoms with E-state index in [1.54, 1.807) is 0 Å². The molecule has 1 unspecified atom stereocenters. The number of nitrogens with zero attached hydrogens (tertiary/aromatic N) is 1. The van der Waals surface area contributed by atoms with Crippen molar-refractivity contribution in [3.63, 3.8) is 0 Å². The highest BCUT2D eigenvalue weighted by molar-refractivity contribution is 7.14. The summed E-state index contributed by atoms with van der Waals surface area (Å²) in [6, 6.07) is 0. The van der Waals surface area contributed by atoms with Gasteiger partial charge >= 0.3 is 5.97 Å². The second-order valence-corrected chi connectivity index (χ2v) is 4.81. The summed E-state index contributed by atoms with van der Waals surface area (Å²) in [5.74, 6) is -0.747. The van der Waals surface area contributed by atoms with E-state index in [9.17, 15) is 9.59 Å². The monoisotopic (exact) mass is 255 g/mol. The number of ketones is 1. The molecule has 0 aromatic carbocycles. The van der Waals surface area contributed by atoms with E-state index in [4.69, 9.17) is 4.74 Å². The minimum atomic E-state index is -0.573. The van der Waals surface area contributed by atoms with Gasteiger partial charge in [-0.3, -0.25) is 4.79 Å². The zero-order valence-electron chi connectivity index (χ0n) is 9.69. The van der Waals surface area contributed by atoms with E-state index in [-0.39, 0.29) is 17.6 Å². The van der Waals surface area contributed by atoms with Crippen molar-refractivity contribution in [3.05, 3.63) is 15.6 Å². The molecule has 0 radical (unpaired) electrons. The molecule has 1 aliphatic rings. The number of carbonyl (C=O) groups excluding carboxylic acids is 2. The van der Waals surface area contributed by atoms with Crippen LogP contribution in [0.2, 0.25) is 0 Å². The molecule has 0 N–H and O–H groups in total. The maximum absolute atomic E-state index is 11.5. The maximum atomic E-state index is 11.5. The lowest BCUT2D eigenvalue weighted by Crippen LogP contribution is -2.07. The van der Waals surface area contributed by atoms with Crippen molar-refractivity contribution in [2.24, 2.45) is 0 Å². The number of thiazole rings is 1. The summed E-state index contributed by atoms with van der Waals surface area (Å²) in [5.41, 5.74) is 0.107. The fourth-order valence-corrected chi connectivity index (χ4v) is 2.75. The largest absolute Gasteiger partial charge is 0.464 e. The molecule has 0 saturated carbocycles. The minimum Gasteiger partial charge on any atom is -0.464 e. The minimum absolute atomic E-state index is 0.0866. The third-order valence-electron chi connectivity index (χ3n) is 2.55. The molecule has 1 aromatic rings. The van der Waals surface area contributed by atoms with Gasteiger partial charge in [-0.1, -0.05) is 0 Å². The van der Waals surface area contributed by atoms with Gasteiger partial charge in [0.15, 0.2) is 11.5 Å². The first-order valence-corrected chi connectivity index (χ1v) is 6.16. The molecule has 92 valence electrons. The van der Waals surface area contributed by atoms with Gasteiger partial charge in [-0.25, -0.2) is 9.78 Å². The van der Waals surface area contributed by atoms with Crippen LogP contribution in [0.3, 0.4) is 0 Å². The van der Waals surface area contributed by atoms with Gasteiger partial charge in [0, 0.05) is 13.5 Å². The molecule has 0 spiro atoms. The second kappa shape index (κ2) is 4.93. The lowest BCUT2D eigenvalue weighted by molar-refractivity contribution is 0.0590. The Labute approximate surface area is 103 Å². The molecule has 0 aliphatic carbocycles. The molecule has 1 fully saturated rings. The molecule has 1 aliphatic heterocycles. The Morgan fingerprint density at radius 1 is 1.53 bits per heavy atom. The number of methoxy groups -OCH3 is 1. The number of rotatable bonds is 3. The summed E-state index contributed by atoms with van der Waals surface area (Å²) in [5, 5.41) is 0.688. The van der Waals surface area contributed by atoms with Crippen molar-refractivity contribution < 1.29 is 19.1 Å². The Morgan fingerprint density at radius 3 is 2.82 bits per heavy atom. The molecule has 5 nitrogen and oxygen atoms in total. The first-order chi connectivity index (χ1) is 8.13. The Kier molecular flexibility index (Phi) is 3.54. The highest BCUT2D eigenvalue weighted by Crippen LogP contribution is 2.33. The van der Waals surface area contributed by atoms with E-state index in [2.05, 4.69) is 9.72 Å². The fourth-order valence-electron chi connectivity index (χ4n) is 1.72. The van der Waals surface area contributed by atoms with Gasteiger partial charge in [-0.15, -0.1) is 11.3 Å². The van der Waals surface area contributed by atoms with Crippen LogP contribution in [0.15, 0.2) is 0 Å². The van der Waals surface area contributed by atoms with Crippen LogP contribution in [-0.4, -0.2) is 30.5 Å². The first-order valence-electron chi connectivity index (χ1n) is 5.35. The summed E-state index contributed by atoms with van der Waals surface area (Å²) >= 11 is 1.22. The van der Waals surface area contributed by atoms with Crippen molar-refractivity contribution in [1.29, 1.82) is 0 Å². The van der Waals surface area contributed by atoms with E-state index in [0.29, 0.717) is 16.5 Å². The van der Waals surface area contributed by atoms with Gasteiger partial charge in [0.2, 0.25) is 0 Å². The Bertz CT molecular complexity index is 448. The second-order valence-electron chi connectivity index (χ2n) is 3.78. The van der Waals surface area contributed by atoms with E-state index in [1.807, 2.05) is 0 Å². The third kappa shape index (κ3) is 2.37. The normalized spacial score (nSPS) is 19.3. The summed E-state index contributed by atoms with van der Waals surface area (Å²) in [4.78, 5) is 27.5. The molecule has 0 bridgehead atoms. The van der Waals surface area contributed by atoms with Crippen LogP contribution in [0.5, 0.6) is 0 Å². The fraction of sp³-hybridized carbons (Fsp3) is 0.545. The highest BCUT2D eigenvalue weighted by Gasteiger charge is 2.27. The van der Waals surface area contributed by atoms with E-state index in [0.717, 1.165) is 12.8 Å². The predicted molar refractivity (Wildman–Crippen MR) is 61.4 cm³/mol. The average Bonchev–Trinajstić information content (AvgIpc) is 2.95. The summed E-state index contributed by atoms with van der Waals surface area (Å²) < 4.78 is 10.1. The van der Waals surface area contributed by atoms with E-state index >= 15 is 0 Å². The van der Waals surface area contributed by atoms with Gasteiger partial charge in [0.1, 0.15) is 16.0 Å². The van der Waals surface area contributed by atoms with Crippen LogP contribution in [0.25, 0.3) is 0 Å². The average molecular weight is 255 g/mol. The van der Waals surface area contributed by atoms with Crippen LogP contribution < -0.4 is 0 Å². The Hall–Kier alpha value is -1.27. The molecule has 2 heterocycles. The van der Waals surface area contributed by atoms with Crippen LogP contribution in [-0.2, 0) is 9.47 Å². The molecule has 17 heavy (non-hydrogen) atoms. The van der Waals surface area contributed by atoms with Gasteiger partial charge in [-0.05, 0) is 12.8 Å². The molecular weight excluding hydrogens is 242 g/mol. The topological polar surface area (TPSA) is 65.5 Å². The lowest BCUT2D eigenvalue weighted by atomic mass is 10.2. The molecule has 6 heteroatoms. The number of esters is 1. The SMILES string of the molecule is COC(=O)c1nc(C2CCCO2)sc1C(C)=O. The van der Waals surface area contributed by atoms with Gasteiger partial charge in [0.25, 0.3) is 0 Å². The van der Waals surface area contributed by atoms with Crippen molar-refractivity contribution >= 4 is 23.1 Å². The van der Waals surface area contributed by atoms with Gasteiger partial charge in [-0.2, -0.15) is 0 Å². The smallest absolute Gasteiger partial charge is 0.358 e. The molecule has 1 atom stereocenters. The quantitative estimate of drug-likeness (QED) is 0.610.